The minimum absolute atomic E-state index is 0.334. The van der Waals surface area contributed by atoms with E-state index in [0.717, 1.165) is 45.6 Å². The maximum atomic E-state index is 6.77. The summed E-state index contributed by atoms with van der Waals surface area (Å²) in [5, 5.41) is 0. The fourth-order valence-electron chi connectivity index (χ4n) is 8.68. The zero-order valence-corrected chi connectivity index (χ0v) is 31.2. The molecule has 0 saturated heterocycles. The molecule has 8 aromatic carbocycles. The van der Waals surface area contributed by atoms with Gasteiger partial charge in [0.2, 0.25) is 0 Å². The number of para-hydroxylation sites is 1. The van der Waals surface area contributed by atoms with Gasteiger partial charge in [-0.2, -0.15) is 0 Å². The Labute approximate surface area is 323 Å². The van der Waals surface area contributed by atoms with E-state index >= 15 is 0 Å². The summed E-state index contributed by atoms with van der Waals surface area (Å²) >= 11 is 0. The summed E-state index contributed by atoms with van der Waals surface area (Å²) < 4.78 is 6.77. The van der Waals surface area contributed by atoms with Crippen molar-refractivity contribution in [3.8, 4) is 44.9 Å². The van der Waals surface area contributed by atoms with Gasteiger partial charge in [0.05, 0.1) is 17.1 Å². The van der Waals surface area contributed by atoms with E-state index in [4.69, 9.17) is 4.74 Å². The van der Waals surface area contributed by atoms with Crippen LogP contribution in [-0.4, -0.2) is 0 Å². The quantitative estimate of drug-likeness (QED) is 0.171. The molecule has 3 nitrogen and oxygen atoms in total. The average molecular weight is 709 g/mol. The molecule has 0 aromatic heterocycles. The molecule has 0 saturated carbocycles. The zero-order valence-electron chi connectivity index (χ0n) is 31.2. The van der Waals surface area contributed by atoms with Crippen LogP contribution in [0.2, 0.25) is 0 Å². The zero-order chi connectivity index (χ0) is 37.1. The Balaban J connectivity index is 1.20. The molecule has 3 heteroatoms. The molecule has 264 valence electrons. The lowest BCUT2D eigenvalue weighted by molar-refractivity contribution is 0.471. The molecule has 0 amide bonds. The summed E-state index contributed by atoms with van der Waals surface area (Å²) in [7, 11) is 0. The van der Waals surface area contributed by atoms with Crippen molar-refractivity contribution in [3.05, 3.63) is 205 Å². The van der Waals surface area contributed by atoms with Crippen molar-refractivity contribution in [2.45, 2.75) is 26.2 Å². The highest BCUT2D eigenvalue weighted by atomic mass is 16.5. The predicted octanol–water partition coefficient (Wildman–Crippen LogP) is 14.7. The second-order valence-corrected chi connectivity index (χ2v) is 15.1. The smallest absolute Gasteiger partial charge is 0.151 e. The van der Waals surface area contributed by atoms with E-state index in [9.17, 15) is 0 Å². The standard InChI is InChI=1S/C52H40N2O/c1-35-15-13-24-47-50(35)54-46-34-43(29-31-45(46)52(2,3)49-44(39-20-11-6-12-21-39)30-32-48(55-47)51(49)54)53(41-27-25-38(26-28-41)36-16-7-4-8-17-36)42-23-14-22-40(33-42)37-18-9-5-10-19-37/h4-34H,1-3H3. The van der Waals surface area contributed by atoms with Crippen LogP contribution in [0.1, 0.15) is 30.5 Å². The third-order valence-electron chi connectivity index (χ3n) is 11.3. The van der Waals surface area contributed by atoms with Crippen LogP contribution in [0.25, 0.3) is 33.4 Å². The first-order valence-electron chi connectivity index (χ1n) is 19.0. The number of nitrogens with zero attached hydrogens (tertiary/aromatic N) is 2. The van der Waals surface area contributed by atoms with Crippen molar-refractivity contribution in [1.82, 2.24) is 0 Å². The van der Waals surface area contributed by atoms with Gasteiger partial charge in [0.15, 0.2) is 11.5 Å². The van der Waals surface area contributed by atoms with E-state index in [2.05, 4.69) is 219 Å². The average Bonchev–Trinajstić information content (AvgIpc) is 3.23. The van der Waals surface area contributed by atoms with Crippen molar-refractivity contribution in [3.63, 3.8) is 0 Å². The molecule has 2 aliphatic rings. The molecular formula is C52H40N2O. The second kappa shape index (κ2) is 12.9. The van der Waals surface area contributed by atoms with E-state index < -0.39 is 0 Å². The Kier molecular flexibility index (Phi) is 7.71. The van der Waals surface area contributed by atoms with Crippen LogP contribution < -0.4 is 14.5 Å². The SMILES string of the molecule is Cc1cccc2c1N1c3cc(N(c4ccc(-c5ccccc5)cc4)c4cccc(-c5ccccc5)c4)ccc3C(C)(C)c3c(-c4ccccc4)ccc(c31)O2. The number of hydrogen-bond donors (Lipinski definition) is 0. The topological polar surface area (TPSA) is 15.7 Å². The fraction of sp³-hybridized carbons (Fsp3) is 0.0769. The van der Waals surface area contributed by atoms with Crippen molar-refractivity contribution >= 4 is 34.1 Å². The maximum Gasteiger partial charge on any atom is 0.151 e. The predicted molar refractivity (Wildman–Crippen MR) is 229 cm³/mol. The maximum absolute atomic E-state index is 6.77. The summed E-state index contributed by atoms with van der Waals surface area (Å²) in [6.07, 6.45) is 0. The molecule has 8 aromatic rings. The Bertz CT molecular complexity index is 2700. The van der Waals surface area contributed by atoms with Crippen LogP contribution in [0.5, 0.6) is 11.5 Å². The summed E-state index contributed by atoms with van der Waals surface area (Å²) in [5.74, 6) is 1.74. The fourth-order valence-corrected chi connectivity index (χ4v) is 8.68. The summed E-state index contributed by atoms with van der Waals surface area (Å²) in [5.41, 5.74) is 17.2. The van der Waals surface area contributed by atoms with Gasteiger partial charge in [-0.1, -0.05) is 153 Å². The van der Waals surface area contributed by atoms with E-state index in [0.29, 0.717) is 0 Å². The van der Waals surface area contributed by atoms with Gasteiger partial charge in [-0.05, 0) is 106 Å². The van der Waals surface area contributed by atoms with Crippen LogP contribution >= 0.6 is 0 Å². The van der Waals surface area contributed by atoms with Gasteiger partial charge < -0.3 is 14.5 Å². The number of ether oxygens (including phenoxy) is 1. The van der Waals surface area contributed by atoms with Crippen LogP contribution in [0.4, 0.5) is 34.1 Å². The molecule has 0 radical (unpaired) electrons. The summed E-state index contributed by atoms with van der Waals surface area (Å²) in [6.45, 7) is 6.91. The summed E-state index contributed by atoms with van der Waals surface area (Å²) in [4.78, 5) is 4.87. The summed E-state index contributed by atoms with van der Waals surface area (Å²) in [6, 6.07) is 67.6. The molecule has 55 heavy (non-hydrogen) atoms. The highest BCUT2D eigenvalue weighted by Gasteiger charge is 2.44. The first-order valence-corrected chi connectivity index (χ1v) is 19.0. The molecule has 2 aliphatic heterocycles. The molecular weight excluding hydrogens is 669 g/mol. The van der Waals surface area contributed by atoms with E-state index in [1.807, 2.05) is 0 Å². The van der Waals surface area contributed by atoms with Gasteiger partial charge in [-0.15, -0.1) is 0 Å². The Morgan fingerprint density at radius 3 is 1.73 bits per heavy atom. The molecule has 0 atom stereocenters. The third-order valence-corrected chi connectivity index (χ3v) is 11.3. The van der Waals surface area contributed by atoms with Gasteiger partial charge in [-0.3, -0.25) is 0 Å². The minimum Gasteiger partial charge on any atom is -0.453 e. The van der Waals surface area contributed by atoms with Gasteiger partial charge in [0, 0.05) is 22.5 Å². The number of aryl methyl sites for hydroxylation is 1. The van der Waals surface area contributed by atoms with E-state index in [1.165, 1.54) is 50.1 Å². The Morgan fingerprint density at radius 1 is 0.455 bits per heavy atom. The first kappa shape index (κ1) is 32.8. The highest BCUT2D eigenvalue weighted by molar-refractivity contribution is 5.99. The lowest BCUT2D eigenvalue weighted by Gasteiger charge is -2.46. The molecule has 0 aliphatic carbocycles. The Hall–Kier alpha value is -6.84. The largest absolute Gasteiger partial charge is 0.453 e. The second-order valence-electron chi connectivity index (χ2n) is 15.1. The van der Waals surface area contributed by atoms with Crippen molar-refractivity contribution < 1.29 is 4.74 Å². The van der Waals surface area contributed by atoms with Gasteiger partial charge in [0.1, 0.15) is 0 Å². The van der Waals surface area contributed by atoms with Crippen LogP contribution in [0, 0.1) is 6.92 Å². The lowest BCUT2D eigenvalue weighted by Crippen LogP contribution is -2.33. The third kappa shape index (κ3) is 5.42. The molecule has 0 unspecified atom stereocenters. The highest BCUT2D eigenvalue weighted by Crippen LogP contribution is 2.63. The first-order chi connectivity index (χ1) is 27.0. The molecule has 2 heterocycles. The van der Waals surface area contributed by atoms with E-state index in [-0.39, 0.29) is 5.41 Å². The van der Waals surface area contributed by atoms with E-state index in [1.54, 1.807) is 0 Å². The number of fused-ring (bicyclic) bond motifs is 4. The number of benzene rings is 8. The van der Waals surface area contributed by atoms with Crippen molar-refractivity contribution in [2.75, 3.05) is 9.80 Å². The van der Waals surface area contributed by atoms with Gasteiger partial charge >= 0.3 is 0 Å². The van der Waals surface area contributed by atoms with Crippen LogP contribution in [-0.2, 0) is 5.41 Å². The van der Waals surface area contributed by atoms with Crippen LogP contribution in [0.3, 0.4) is 0 Å². The van der Waals surface area contributed by atoms with Crippen molar-refractivity contribution in [1.29, 1.82) is 0 Å². The Morgan fingerprint density at radius 2 is 1.02 bits per heavy atom. The number of rotatable bonds is 6. The molecule has 0 spiro atoms. The molecule has 0 bridgehead atoms. The van der Waals surface area contributed by atoms with Crippen LogP contribution in [0.15, 0.2) is 188 Å². The molecule has 0 fully saturated rings. The lowest BCUT2D eigenvalue weighted by atomic mass is 9.70. The van der Waals surface area contributed by atoms with Gasteiger partial charge in [-0.25, -0.2) is 0 Å². The molecule has 0 N–H and O–H groups in total. The minimum atomic E-state index is -0.334. The van der Waals surface area contributed by atoms with Crippen molar-refractivity contribution in [2.24, 2.45) is 0 Å². The monoisotopic (exact) mass is 708 g/mol. The molecule has 10 rings (SSSR count). The number of anilines is 6. The number of hydrogen-bond acceptors (Lipinski definition) is 3. The normalized spacial score (nSPS) is 13.3. The van der Waals surface area contributed by atoms with Gasteiger partial charge in [0.25, 0.3) is 0 Å².